The van der Waals surface area contributed by atoms with E-state index < -0.39 is 0 Å². The molecule has 1 atom stereocenters. The molecule has 1 heterocycles. The summed E-state index contributed by atoms with van der Waals surface area (Å²) >= 11 is 5.57. The second kappa shape index (κ2) is 6.40. The summed E-state index contributed by atoms with van der Waals surface area (Å²) in [6.07, 6.45) is 3.48. The number of nitrogens with zero attached hydrogens (tertiary/aromatic N) is 2. The third-order valence-electron chi connectivity index (χ3n) is 2.05. The highest BCUT2D eigenvalue weighted by Crippen LogP contribution is 2.02. The van der Waals surface area contributed by atoms with E-state index in [1.807, 2.05) is 6.92 Å². The lowest BCUT2D eigenvalue weighted by molar-refractivity contribution is 0.0889. The third-order valence-corrected chi connectivity index (χ3v) is 2.24. The molecule has 0 bridgehead atoms. The number of carbonyl (C=O) groups is 1. The lowest BCUT2D eigenvalue weighted by Gasteiger charge is -2.15. The number of methoxy groups -OCH3 is 1. The monoisotopic (exact) mass is 243 g/mol. The van der Waals surface area contributed by atoms with Crippen LogP contribution in [0, 0.1) is 0 Å². The molecule has 0 fully saturated rings. The predicted octanol–water partition coefficient (Wildman–Crippen LogP) is 1.28. The Morgan fingerprint density at radius 2 is 2.31 bits per heavy atom. The molecular formula is C10H14ClN3O2. The van der Waals surface area contributed by atoms with E-state index in [1.54, 1.807) is 7.11 Å². The minimum atomic E-state index is -0.270. The number of nitrogens with one attached hydrogen (secondary N) is 1. The lowest BCUT2D eigenvalue weighted by atomic mass is 10.2. The molecule has 1 unspecified atom stereocenters. The molecule has 1 aromatic heterocycles. The average molecular weight is 244 g/mol. The van der Waals surface area contributed by atoms with Crippen LogP contribution in [-0.4, -0.2) is 35.6 Å². The van der Waals surface area contributed by atoms with Crippen molar-refractivity contribution in [3.8, 4) is 0 Å². The first-order valence-corrected chi connectivity index (χ1v) is 5.32. The van der Waals surface area contributed by atoms with Crippen LogP contribution in [0.25, 0.3) is 0 Å². The van der Waals surface area contributed by atoms with Crippen LogP contribution in [0.5, 0.6) is 0 Å². The van der Waals surface area contributed by atoms with Gasteiger partial charge in [-0.2, -0.15) is 0 Å². The van der Waals surface area contributed by atoms with Gasteiger partial charge in [0.1, 0.15) is 10.8 Å². The number of hydrogen-bond donors (Lipinski definition) is 1. The highest BCUT2D eigenvalue weighted by atomic mass is 35.5. The molecule has 1 amide bonds. The second-order valence-electron chi connectivity index (χ2n) is 3.26. The zero-order chi connectivity index (χ0) is 12.0. The maximum atomic E-state index is 11.7. The van der Waals surface area contributed by atoms with Crippen molar-refractivity contribution >= 4 is 17.5 Å². The number of halogens is 1. The van der Waals surface area contributed by atoms with E-state index in [0.717, 1.165) is 6.42 Å². The largest absolute Gasteiger partial charge is 0.383 e. The van der Waals surface area contributed by atoms with Gasteiger partial charge in [0.15, 0.2) is 0 Å². The zero-order valence-corrected chi connectivity index (χ0v) is 9.99. The molecule has 1 aromatic rings. The summed E-state index contributed by atoms with van der Waals surface area (Å²) in [5, 5.41) is 3.06. The van der Waals surface area contributed by atoms with Gasteiger partial charge in [-0.25, -0.2) is 9.97 Å². The maximum absolute atomic E-state index is 11.7. The fraction of sp³-hybridized carbons (Fsp3) is 0.500. The van der Waals surface area contributed by atoms with E-state index in [0.29, 0.717) is 6.61 Å². The predicted molar refractivity (Wildman–Crippen MR) is 60.5 cm³/mol. The highest BCUT2D eigenvalue weighted by molar-refractivity contribution is 6.29. The van der Waals surface area contributed by atoms with Crippen LogP contribution < -0.4 is 5.32 Å². The Kier molecular flexibility index (Phi) is 5.14. The molecule has 0 saturated heterocycles. The van der Waals surface area contributed by atoms with Gasteiger partial charge in [0, 0.05) is 7.11 Å². The van der Waals surface area contributed by atoms with Crippen molar-refractivity contribution in [3.05, 3.63) is 23.2 Å². The molecule has 1 rings (SSSR count). The molecule has 0 saturated carbocycles. The van der Waals surface area contributed by atoms with Crippen LogP contribution in [0.1, 0.15) is 23.8 Å². The number of aromatic nitrogens is 2. The summed E-state index contributed by atoms with van der Waals surface area (Å²) in [4.78, 5) is 19.4. The standard InChI is InChI=1S/C10H14ClN3O2/c1-3-7(6-16-2)14-10(15)8-4-13-9(11)5-12-8/h4-5,7H,3,6H2,1-2H3,(H,14,15). The molecular weight excluding hydrogens is 230 g/mol. The highest BCUT2D eigenvalue weighted by Gasteiger charge is 2.13. The van der Waals surface area contributed by atoms with Crippen LogP contribution in [0.2, 0.25) is 5.15 Å². The summed E-state index contributed by atoms with van der Waals surface area (Å²) in [6.45, 7) is 2.45. The number of hydrogen-bond acceptors (Lipinski definition) is 4. The minimum Gasteiger partial charge on any atom is -0.383 e. The van der Waals surface area contributed by atoms with Crippen LogP contribution >= 0.6 is 11.6 Å². The molecule has 0 spiro atoms. The molecule has 88 valence electrons. The fourth-order valence-corrected chi connectivity index (χ4v) is 1.25. The first-order chi connectivity index (χ1) is 7.67. The van der Waals surface area contributed by atoms with E-state index in [-0.39, 0.29) is 22.8 Å². The normalized spacial score (nSPS) is 12.2. The molecule has 0 aliphatic carbocycles. The smallest absolute Gasteiger partial charge is 0.271 e. The third kappa shape index (κ3) is 3.75. The Bertz CT molecular complexity index is 342. The van der Waals surface area contributed by atoms with Gasteiger partial charge in [-0.05, 0) is 6.42 Å². The molecule has 16 heavy (non-hydrogen) atoms. The van der Waals surface area contributed by atoms with E-state index >= 15 is 0 Å². The minimum absolute atomic E-state index is 0.0185. The molecule has 5 nitrogen and oxygen atoms in total. The lowest BCUT2D eigenvalue weighted by Crippen LogP contribution is -2.37. The van der Waals surface area contributed by atoms with E-state index in [1.165, 1.54) is 12.4 Å². The van der Waals surface area contributed by atoms with Gasteiger partial charge in [0.2, 0.25) is 0 Å². The Morgan fingerprint density at radius 1 is 1.56 bits per heavy atom. The van der Waals surface area contributed by atoms with Crippen molar-refractivity contribution in [1.82, 2.24) is 15.3 Å². The fourth-order valence-electron chi connectivity index (χ4n) is 1.15. The SMILES string of the molecule is CCC(COC)NC(=O)c1cnc(Cl)cn1. The summed E-state index contributed by atoms with van der Waals surface area (Å²) in [6, 6.07) is -0.0185. The summed E-state index contributed by atoms with van der Waals surface area (Å²) < 4.78 is 4.98. The van der Waals surface area contributed by atoms with Crippen molar-refractivity contribution in [2.24, 2.45) is 0 Å². The quantitative estimate of drug-likeness (QED) is 0.846. The van der Waals surface area contributed by atoms with Crippen LogP contribution in [0.15, 0.2) is 12.4 Å². The van der Waals surface area contributed by atoms with Crippen LogP contribution in [0.3, 0.4) is 0 Å². The van der Waals surface area contributed by atoms with Gasteiger partial charge in [0.25, 0.3) is 5.91 Å². The van der Waals surface area contributed by atoms with Gasteiger partial charge < -0.3 is 10.1 Å². The molecule has 6 heteroatoms. The zero-order valence-electron chi connectivity index (χ0n) is 9.24. The van der Waals surface area contributed by atoms with E-state index in [2.05, 4.69) is 15.3 Å². The number of rotatable bonds is 5. The second-order valence-corrected chi connectivity index (χ2v) is 3.65. The molecule has 0 radical (unpaired) electrons. The van der Waals surface area contributed by atoms with Gasteiger partial charge in [-0.15, -0.1) is 0 Å². The first-order valence-electron chi connectivity index (χ1n) is 4.94. The Morgan fingerprint density at radius 3 is 2.81 bits per heavy atom. The molecule has 0 aliphatic rings. The summed E-state index contributed by atoms with van der Waals surface area (Å²) in [7, 11) is 1.59. The average Bonchev–Trinajstić information content (AvgIpc) is 2.29. The summed E-state index contributed by atoms with van der Waals surface area (Å²) in [5.41, 5.74) is 0.249. The van der Waals surface area contributed by atoms with Crippen molar-refractivity contribution in [3.63, 3.8) is 0 Å². The van der Waals surface area contributed by atoms with Crippen molar-refractivity contribution in [2.75, 3.05) is 13.7 Å². The van der Waals surface area contributed by atoms with Gasteiger partial charge in [-0.3, -0.25) is 4.79 Å². The van der Waals surface area contributed by atoms with E-state index in [9.17, 15) is 4.79 Å². The van der Waals surface area contributed by atoms with Crippen LogP contribution in [-0.2, 0) is 4.74 Å². The van der Waals surface area contributed by atoms with Crippen molar-refractivity contribution in [1.29, 1.82) is 0 Å². The number of amides is 1. The Hall–Kier alpha value is -1.20. The molecule has 1 N–H and O–H groups in total. The number of carbonyl (C=O) groups excluding carboxylic acids is 1. The van der Waals surface area contributed by atoms with Gasteiger partial charge in [0.05, 0.1) is 25.0 Å². The van der Waals surface area contributed by atoms with Crippen LogP contribution in [0.4, 0.5) is 0 Å². The summed E-state index contributed by atoms with van der Waals surface area (Å²) in [5.74, 6) is -0.270. The van der Waals surface area contributed by atoms with Crippen molar-refractivity contribution < 1.29 is 9.53 Å². The Balaban J connectivity index is 2.60. The van der Waals surface area contributed by atoms with E-state index in [4.69, 9.17) is 16.3 Å². The van der Waals surface area contributed by atoms with Crippen molar-refractivity contribution in [2.45, 2.75) is 19.4 Å². The van der Waals surface area contributed by atoms with Gasteiger partial charge >= 0.3 is 0 Å². The topological polar surface area (TPSA) is 64.1 Å². The molecule has 0 aromatic carbocycles. The Labute approximate surface area is 99.2 Å². The maximum Gasteiger partial charge on any atom is 0.271 e. The first kappa shape index (κ1) is 12.9. The number of ether oxygens (including phenoxy) is 1. The van der Waals surface area contributed by atoms with Gasteiger partial charge in [-0.1, -0.05) is 18.5 Å². The molecule has 0 aliphatic heterocycles.